The summed E-state index contributed by atoms with van der Waals surface area (Å²) in [4.78, 5) is 22.5. The Kier molecular flexibility index (Phi) is 6.90. The second-order valence-corrected chi connectivity index (χ2v) is 8.53. The molecule has 2 aromatic carbocycles. The van der Waals surface area contributed by atoms with Crippen molar-refractivity contribution in [3.05, 3.63) is 67.1 Å². The molecule has 0 aliphatic carbocycles. The van der Waals surface area contributed by atoms with Gasteiger partial charge in [0.25, 0.3) is 0 Å². The monoisotopic (exact) mass is 484 g/mol. The van der Waals surface area contributed by atoms with Crippen LogP contribution < -0.4 is 20.1 Å². The fourth-order valence-corrected chi connectivity index (χ4v) is 4.40. The molecule has 0 spiro atoms. The summed E-state index contributed by atoms with van der Waals surface area (Å²) in [6.45, 7) is 1.67. The first-order valence-electron chi connectivity index (χ1n) is 11.9. The maximum atomic E-state index is 13.1. The second kappa shape index (κ2) is 10.6. The van der Waals surface area contributed by atoms with E-state index in [1.54, 1.807) is 43.4 Å². The lowest BCUT2D eigenvalue weighted by molar-refractivity contribution is -0.120. The van der Waals surface area contributed by atoms with Gasteiger partial charge in [-0.25, -0.2) is 14.6 Å². The lowest BCUT2D eigenvalue weighted by Crippen LogP contribution is -2.34. The molecule has 5 rings (SSSR count). The summed E-state index contributed by atoms with van der Waals surface area (Å²) in [7, 11) is 3.18. The minimum atomic E-state index is -0.0534. The number of piperidine rings is 1. The largest absolute Gasteiger partial charge is 0.497 e. The summed E-state index contributed by atoms with van der Waals surface area (Å²) in [6.07, 6.45) is 6.93. The highest BCUT2D eigenvalue weighted by atomic mass is 16.5. The highest BCUT2D eigenvalue weighted by molar-refractivity contribution is 5.98. The van der Waals surface area contributed by atoms with Gasteiger partial charge < -0.3 is 20.1 Å². The number of rotatable bonds is 7. The van der Waals surface area contributed by atoms with Crippen molar-refractivity contribution >= 4 is 11.6 Å². The Morgan fingerprint density at radius 1 is 1.06 bits per heavy atom. The van der Waals surface area contributed by atoms with E-state index in [4.69, 9.17) is 14.5 Å². The maximum absolute atomic E-state index is 13.1. The average molecular weight is 485 g/mol. The topological polar surface area (TPSA) is 103 Å². The van der Waals surface area contributed by atoms with Crippen molar-refractivity contribution < 1.29 is 14.3 Å². The van der Waals surface area contributed by atoms with E-state index in [0.717, 1.165) is 37.2 Å². The van der Waals surface area contributed by atoms with Gasteiger partial charge in [0, 0.05) is 42.2 Å². The minimum absolute atomic E-state index is 0.0192. The second-order valence-electron chi connectivity index (χ2n) is 8.53. The number of aromatic nitrogens is 4. The van der Waals surface area contributed by atoms with E-state index in [0.29, 0.717) is 34.3 Å². The zero-order valence-corrected chi connectivity index (χ0v) is 20.3. The summed E-state index contributed by atoms with van der Waals surface area (Å²) in [6, 6.07) is 15.1. The van der Waals surface area contributed by atoms with E-state index >= 15 is 0 Å². The number of carbonyl (C=O) groups is 1. The van der Waals surface area contributed by atoms with Gasteiger partial charge in [0.1, 0.15) is 11.5 Å². The molecule has 4 aromatic rings. The molecule has 184 valence electrons. The van der Waals surface area contributed by atoms with Crippen molar-refractivity contribution in [2.75, 3.05) is 32.6 Å². The van der Waals surface area contributed by atoms with Crippen LogP contribution in [0, 0.1) is 5.92 Å². The molecule has 36 heavy (non-hydrogen) atoms. The van der Waals surface area contributed by atoms with Crippen molar-refractivity contribution in [3.8, 4) is 39.8 Å². The normalized spacial score (nSPS) is 13.8. The Labute approximate surface area is 209 Å². The number of nitrogens with zero attached hydrogens (tertiary/aromatic N) is 4. The molecule has 0 atom stereocenters. The molecule has 1 aliphatic rings. The molecule has 2 N–H and O–H groups in total. The smallest absolute Gasteiger partial charge is 0.227 e. The molecule has 1 fully saturated rings. The third kappa shape index (κ3) is 4.92. The van der Waals surface area contributed by atoms with E-state index in [2.05, 4.69) is 20.7 Å². The maximum Gasteiger partial charge on any atom is 0.227 e. The number of hydrogen-bond acceptors (Lipinski definition) is 7. The van der Waals surface area contributed by atoms with Gasteiger partial charge in [-0.1, -0.05) is 12.1 Å². The van der Waals surface area contributed by atoms with Crippen LogP contribution in [0.5, 0.6) is 11.5 Å². The van der Waals surface area contributed by atoms with Gasteiger partial charge in [-0.2, -0.15) is 5.10 Å². The van der Waals surface area contributed by atoms with Gasteiger partial charge in [-0.15, -0.1) is 0 Å². The summed E-state index contributed by atoms with van der Waals surface area (Å²) in [5, 5.41) is 10.7. The van der Waals surface area contributed by atoms with Gasteiger partial charge in [-0.3, -0.25) is 4.79 Å². The molecule has 0 unspecified atom stereocenters. The van der Waals surface area contributed by atoms with E-state index in [1.165, 1.54) is 0 Å². The summed E-state index contributed by atoms with van der Waals surface area (Å²) in [5.41, 5.74) is 3.64. The van der Waals surface area contributed by atoms with Crippen LogP contribution in [-0.2, 0) is 4.79 Å². The Hall–Kier alpha value is -4.24. The average Bonchev–Trinajstić information content (AvgIpc) is 3.48. The molecular weight excluding hydrogens is 456 g/mol. The van der Waals surface area contributed by atoms with Crippen LogP contribution in [0.15, 0.2) is 67.1 Å². The quantitative estimate of drug-likeness (QED) is 0.409. The van der Waals surface area contributed by atoms with Crippen molar-refractivity contribution in [1.82, 2.24) is 25.1 Å². The molecule has 0 bridgehead atoms. The Balaban J connectivity index is 1.55. The fourth-order valence-electron chi connectivity index (χ4n) is 4.40. The molecule has 0 radical (unpaired) electrons. The third-order valence-corrected chi connectivity index (χ3v) is 6.28. The number of methoxy groups -OCH3 is 2. The number of hydrogen-bond donors (Lipinski definition) is 2. The molecule has 0 saturated carbocycles. The van der Waals surface area contributed by atoms with E-state index in [9.17, 15) is 4.79 Å². The highest BCUT2D eigenvalue weighted by Crippen LogP contribution is 2.40. The van der Waals surface area contributed by atoms with Crippen molar-refractivity contribution in [2.45, 2.75) is 12.8 Å². The third-order valence-electron chi connectivity index (χ3n) is 6.28. The Morgan fingerprint density at radius 2 is 1.92 bits per heavy atom. The van der Waals surface area contributed by atoms with Crippen LogP contribution in [0.25, 0.3) is 28.3 Å². The zero-order chi connectivity index (χ0) is 24.9. The van der Waals surface area contributed by atoms with Gasteiger partial charge in [0.2, 0.25) is 5.91 Å². The Bertz CT molecular complexity index is 1350. The van der Waals surface area contributed by atoms with Crippen LogP contribution >= 0.6 is 0 Å². The Morgan fingerprint density at radius 3 is 2.67 bits per heavy atom. The summed E-state index contributed by atoms with van der Waals surface area (Å²) < 4.78 is 13.0. The lowest BCUT2D eigenvalue weighted by atomic mass is 9.96. The van der Waals surface area contributed by atoms with Crippen LogP contribution in [0.3, 0.4) is 0 Å². The molecular formula is C27H28N6O3. The summed E-state index contributed by atoms with van der Waals surface area (Å²) >= 11 is 0. The van der Waals surface area contributed by atoms with E-state index in [1.807, 2.05) is 42.6 Å². The van der Waals surface area contributed by atoms with Gasteiger partial charge in [-0.05, 0) is 50.2 Å². The first kappa shape index (κ1) is 23.5. The number of nitrogens with one attached hydrogen (secondary N) is 2. The van der Waals surface area contributed by atoms with E-state index in [-0.39, 0.29) is 11.8 Å². The van der Waals surface area contributed by atoms with Crippen LogP contribution in [0.2, 0.25) is 0 Å². The SMILES string of the molecule is COc1cc(NC(=O)C2CCNCC2)c(-c2ccnc(-c3cccc(-n4cccn4)c3)n2)c(OC)c1. The van der Waals surface area contributed by atoms with Gasteiger partial charge >= 0.3 is 0 Å². The predicted octanol–water partition coefficient (Wildman–Crippen LogP) is 3.95. The highest BCUT2D eigenvalue weighted by Gasteiger charge is 2.24. The first-order valence-corrected chi connectivity index (χ1v) is 11.9. The van der Waals surface area contributed by atoms with Crippen molar-refractivity contribution in [2.24, 2.45) is 5.92 Å². The van der Waals surface area contributed by atoms with Gasteiger partial charge in [0.15, 0.2) is 5.82 Å². The first-order chi connectivity index (χ1) is 17.7. The van der Waals surface area contributed by atoms with Crippen LogP contribution in [0.4, 0.5) is 5.69 Å². The molecule has 2 aromatic heterocycles. The standard InChI is InChI=1S/C27H28N6O3/c1-35-21-16-23(32-27(34)18-7-11-28-12-8-18)25(24(17-21)36-2)22-9-13-29-26(31-22)19-5-3-6-20(15-19)33-14-4-10-30-33/h3-6,9-10,13-18,28H,7-8,11-12H2,1-2H3,(H,32,34). The number of benzene rings is 2. The fraction of sp³-hybridized carbons (Fsp3) is 0.259. The molecule has 1 aliphatic heterocycles. The van der Waals surface area contributed by atoms with Crippen molar-refractivity contribution in [1.29, 1.82) is 0 Å². The number of anilines is 1. The lowest BCUT2D eigenvalue weighted by Gasteiger charge is -2.23. The van der Waals surface area contributed by atoms with Crippen LogP contribution in [0.1, 0.15) is 12.8 Å². The number of carbonyl (C=O) groups excluding carboxylic acids is 1. The predicted molar refractivity (Wildman–Crippen MR) is 137 cm³/mol. The molecule has 1 amide bonds. The number of amides is 1. The summed E-state index contributed by atoms with van der Waals surface area (Å²) in [5.74, 6) is 1.61. The molecule has 9 nitrogen and oxygen atoms in total. The van der Waals surface area contributed by atoms with E-state index < -0.39 is 0 Å². The molecule has 3 heterocycles. The number of ether oxygens (including phenoxy) is 2. The van der Waals surface area contributed by atoms with Crippen LogP contribution in [-0.4, -0.2) is 53.0 Å². The van der Waals surface area contributed by atoms with Crippen molar-refractivity contribution in [3.63, 3.8) is 0 Å². The minimum Gasteiger partial charge on any atom is -0.497 e. The zero-order valence-electron chi connectivity index (χ0n) is 20.3. The molecule has 9 heteroatoms. The molecule has 1 saturated heterocycles. The van der Waals surface area contributed by atoms with Gasteiger partial charge in [0.05, 0.1) is 36.9 Å².